The molecule has 0 radical (unpaired) electrons. The van der Waals surface area contributed by atoms with Gasteiger partial charge < -0.3 is 20.9 Å². The average molecular weight is 244 g/mol. The quantitative estimate of drug-likeness (QED) is 0.810. The molecule has 2 aromatic rings. The number of hydrogen-bond donors (Lipinski definition) is 2. The molecule has 0 bridgehead atoms. The number of nitrogen functional groups attached to an aromatic ring is 2. The molecule has 94 valence electrons. The van der Waals surface area contributed by atoms with Gasteiger partial charge in [0, 0.05) is 0 Å². The number of benzene rings is 2. The molecule has 0 aliphatic rings. The monoisotopic (exact) mass is 244 g/mol. The number of anilines is 2. The Kier molecular flexibility index (Phi) is 3.57. The fourth-order valence-electron chi connectivity index (χ4n) is 1.57. The summed E-state index contributed by atoms with van der Waals surface area (Å²) < 4.78 is 10.7. The predicted molar refractivity (Wildman–Crippen MR) is 72.6 cm³/mol. The highest BCUT2D eigenvalue weighted by atomic mass is 16.5. The SMILES string of the molecule is COc1ccc(COc2cccc(N)c2N)cc1. The standard InChI is InChI=1S/C14H16N2O2/c1-17-11-7-5-10(6-8-11)9-18-13-4-2-3-12(15)14(13)16/h2-8H,9,15-16H2,1H3. The number of ether oxygens (including phenoxy) is 2. The molecular weight excluding hydrogens is 228 g/mol. The Hall–Kier alpha value is -2.36. The third-order valence-electron chi connectivity index (χ3n) is 2.65. The van der Waals surface area contributed by atoms with E-state index >= 15 is 0 Å². The van der Waals surface area contributed by atoms with E-state index in [9.17, 15) is 0 Å². The van der Waals surface area contributed by atoms with Crippen LogP contribution >= 0.6 is 0 Å². The maximum atomic E-state index is 5.82. The summed E-state index contributed by atoms with van der Waals surface area (Å²) in [6, 6.07) is 13.0. The second-order valence-electron chi connectivity index (χ2n) is 3.90. The normalized spacial score (nSPS) is 10.1. The molecule has 4 nitrogen and oxygen atoms in total. The van der Waals surface area contributed by atoms with Gasteiger partial charge in [0.2, 0.25) is 0 Å². The van der Waals surface area contributed by atoms with Crippen LogP contribution in [0.4, 0.5) is 11.4 Å². The first-order valence-corrected chi connectivity index (χ1v) is 5.60. The van der Waals surface area contributed by atoms with E-state index in [1.165, 1.54) is 0 Å². The Morgan fingerprint density at radius 2 is 1.72 bits per heavy atom. The molecule has 4 heteroatoms. The molecule has 18 heavy (non-hydrogen) atoms. The Morgan fingerprint density at radius 3 is 2.39 bits per heavy atom. The maximum Gasteiger partial charge on any atom is 0.144 e. The zero-order chi connectivity index (χ0) is 13.0. The van der Waals surface area contributed by atoms with Crippen LogP contribution in [0.15, 0.2) is 42.5 Å². The van der Waals surface area contributed by atoms with Crippen LogP contribution in [-0.2, 0) is 6.61 Å². The summed E-state index contributed by atoms with van der Waals surface area (Å²) in [6.07, 6.45) is 0. The zero-order valence-electron chi connectivity index (χ0n) is 10.2. The molecule has 4 N–H and O–H groups in total. The highest BCUT2D eigenvalue weighted by molar-refractivity contribution is 5.70. The maximum absolute atomic E-state index is 5.82. The van der Waals surface area contributed by atoms with Crippen LogP contribution in [0, 0.1) is 0 Å². The van der Waals surface area contributed by atoms with Crippen molar-refractivity contribution in [3.63, 3.8) is 0 Å². The lowest BCUT2D eigenvalue weighted by molar-refractivity contribution is 0.308. The molecule has 0 fully saturated rings. The molecule has 0 amide bonds. The molecule has 0 atom stereocenters. The van der Waals surface area contributed by atoms with Crippen LogP contribution in [0.3, 0.4) is 0 Å². The second kappa shape index (κ2) is 5.31. The topological polar surface area (TPSA) is 70.5 Å². The van der Waals surface area contributed by atoms with Gasteiger partial charge in [-0.3, -0.25) is 0 Å². The minimum atomic E-state index is 0.442. The van der Waals surface area contributed by atoms with E-state index in [2.05, 4.69) is 0 Å². The van der Waals surface area contributed by atoms with Crippen molar-refractivity contribution in [3.8, 4) is 11.5 Å². The van der Waals surface area contributed by atoms with Crippen molar-refractivity contribution in [2.24, 2.45) is 0 Å². The number of rotatable bonds is 4. The van der Waals surface area contributed by atoms with E-state index < -0.39 is 0 Å². The van der Waals surface area contributed by atoms with Crippen molar-refractivity contribution in [2.75, 3.05) is 18.6 Å². The molecule has 0 aliphatic carbocycles. The van der Waals surface area contributed by atoms with Gasteiger partial charge in [0.15, 0.2) is 0 Å². The number of nitrogens with two attached hydrogens (primary N) is 2. The third-order valence-corrected chi connectivity index (χ3v) is 2.65. The summed E-state index contributed by atoms with van der Waals surface area (Å²) in [5.74, 6) is 1.42. The van der Waals surface area contributed by atoms with Crippen LogP contribution in [0.1, 0.15) is 5.56 Å². The van der Waals surface area contributed by atoms with E-state index in [-0.39, 0.29) is 0 Å². The molecule has 0 spiro atoms. The van der Waals surface area contributed by atoms with Crippen molar-refractivity contribution >= 4 is 11.4 Å². The summed E-state index contributed by atoms with van der Waals surface area (Å²) >= 11 is 0. The minimum Gasteiger partial charge on any atom is -0.497 e. The Balaban J connectivity index is 2.04. The smallest absolute Gasteiger partial charge is 0.144 e. The van der Waals surface area contributed by atoms with Crippen LogP contribution in [0.5, 0.6) is 11.5 Å². The van der Waals surface area contributed by atoms with Crippen molar-refractivity contribution < 1.29 is 9.47 Å². The fourth-order valence-corrected chi connectivity index (χ4v) is 1.57. The first-order chi connectivity index (χ1) is 8.70. The largest absolute Gasteiger partial charge is 0.497 e. The van der Waals surface area contributed by atoms with Crippen molar-refractivity contribution in [1.82, 2.24) is 0 Å². The zero-order valence-corrected chi connectivity index (χ0v) is 10.2. The summed E-state index contributed by atoms with van der Waals surface area (Å²) in [5, 5.41) is 0. The number of para-hydroxylation sites is 1. The summed E-state index contributed by atoms with van der Waals surface area (Å²) in [6.45, 7) is 0.442. The van der Waals surface area contributed by atoms with Gasteiger partial charge in [-0.25, -0.2) is 0 Å². The third kappa shape index (κ3) is 2.66. The Labute approximate surface area is 106 Å². The minimum absolute atomic E-state index is 0.442. The van der Waals surface area contributed by atoms with E-state index in [4.69, 9.17) is 20.9 Å². The van der Waals surface area contributed by atoms with Gasteiger partial charge in [-0.1, -0.05) is 18.2 Å². The second-order valence-corrected chi connectivity index (χ2v) is 3.90. The number of methoxy groups -OCH3 is 1. The van der Waals surface area contributed by atoms with Gasteiger partial charge >= 0.3 is 0 Å². The van der Waals surface area contributed by atoms with Crippen LogP contribution < -0.4 is 20.9 Å². The van der Waals surface area contributed by atoms with Crippen LogP contribution in [0.2, 0.25) is 0 Å². The lowest BCUT2D eigenvalue weighted by Crippen LogP contribution is -2.01. The van der Waals surface area contributed by atoms with Gasteiger partial charge in [0.25, 0.3) is 0 Å². The molecule has 2 aromatic carbocycles. The molecule has 2 rings (SSSR count). The van der Waals surface area contributed by atoms with E-state index in [1.807, 2.05) is 30.3 Å². The molecule has 0 heterocycles. The highest BCUT2D eigenvalue weighted by Gasteiger charge is 2.03. The Bertz CT molecular complexity index is 524. The van der Waals surface area contributed by atoms with Gasteiger partial charge in [-0.05, 0) is 29.8 Å². The molecule has 0 saturated carbocycles. The van der Waals surface area contributed by atoms with E-state index in [0.717, 1.165) is 11.3 Å². The van der Waals surface area contributed by atoms with Gasteiger partial charge in [0.05, 0.1) is 18.5 Å². The highest BCUT2D eigenvalue weighted by Crippen LogP contribution is 2.27. The summed E-state index contributed by atoms with van der Waals surface area (Å²) in [4.78, 5) is 0. The molecule has 0 saturated heterocycles. The van der Waals surface area contributed by atoms with Crippen molar-refractivity contribution in [2.45, 2.75) is 6.61 Å². The lowest BCUT2D eigenvalue weighted by atomic mass is 10.2. The van der Waals surface area contributed by atoms with E-state index in [1.54, 1.807) is 19.2 Å². The Morgan fingerprint density at radius 1 is 1.00 bits per heavy atom. The molecule has 0 aromatic heterocycles. The van der Waals surface area contributed by atoms with Gasteiger partial charge in [-0.15, -0.1) is 0 Å². The van der Waals surface area contributed by atoms with Crippen LogP contribution in [0.25, 0.3) is 0 Å². The first-order valence-electron chi connectivity index (χ1n) is 5.60. The molecule has 0 aliphatic heterocycles. The summed E-state index contributed by atoms with van der Waals surface area (Å²) in [7, 11) is 1.64. The van der Waals surface area contributed by atoms with Crippen molar-refractivity contribution in [1.29, 1.82) is 0 Å². The first kappa shape index (κ1) is 12.1. The van der Waals surface area contributed by atoms with Crippen molar-refractivity contribution in [3.05, 3.63) is 48.0 Å². The molecule has 0 unspecified atom stereocenters. The molecular formula is C14H16N2O2. The predicted octanol–water partition coefficient (Wildman–Crippen LogP) is 2.44. The van der Waals surface area contributed by atoms with Gasteiger partial charge in [0.1, 0.15) is 18.1 Å². The average Bonchev–Trinajstić information content (AvgIpc) is 2.41. The van der Waals surface area contributed by atoms with Crippen LogP contribution in [-0.4, -0.2) is 7.11 Å². The number of hydrogen-bond acceptors (Lipinski definition) is 4. The van der Waals surface area contributed by atoms with Gasteiger partial charge in [-0.2, -0.15) is 0 Å². The fraction of sp³-hybridized carbons (Fsp3) is 0.143. The summed E-state index contributed by atoms with van der Waals surface area (Å²) in [5.41, 5.74) is 13.6. The lowest BCUT2D eigenvalue weighted by Gasteiger charge is -2.10. The van der Waals surface area contributed by atoms with E-state index in [0.29, 0.717) is 23.7 Å².